The number of piperidine rings is 1. The molecule has 0 N–H and O–H groups in total. The summed E-state index contributed by atoms with van der Waals surface area (Å²) in [4.78, 5) is 13.8. The van der Waals surface area contributed by atoms with Crippen LogP contribution in [0.15, 0.2) is 53.0 Å². The fourth-order valence-electron chi connectivity index (χ4n) is 2.84. The second kappa shape index (κ2) is 6.40. The van der Waals surface area contributed by atoms with E-state index in [0.29, 0.717) is 18.5 Å². The van der Waals surface area contributed by atoms with Gasteiger partial charge in [-0.1, -0.05) is 46.3 Å². The van der Waals surface area contributed by atoms with Crippen molar-refractivity contribution >= 4 is 21.8 Å². The van der Waals surface area contributed by atoms with Crippen LogP contribution in [0, 0.1) is 0 Å². The van der Waals surface area contributed by atoms with Crippen LogP contribution in [0.1, 0.15) is 23.2 Å². The molecule has 0 unspecified atom stereocenters. The van der Waals surface area contributed by atoms with Gasteiger partial charge in [0.05, 0.1) is 6.54 Å². The number of hydrogen-bond donors (Lipinski definition) is 0. The van der Waals surface area contributed by atoms with E-state index in [1.807, 2.05) is 30.3 Å². The summed E-state index contributed by atoms with van der Waals surface area (Å²) >= 11 is 3.49. The molecule has 0 saturated carbocycles. The Kier molecular flexibility index (Phi) is 4.48. The van der Waals surface area contributed by atoms with Crippen LogP contribution in [-0.4, -0.2) is 29.8 Å². The lowest BCUT2D eigenvalue weighted by Crippen LogP contribution is -2.45. The largest absolute Gasteiger partial charge is 0.333 e. The normalized spacial score (nSPS) is 17.1. The van der Waals surface area contributed by atoms with Gasteiger partial charge in [-0.2, -0.15) is 0 Å². The fraction of sp³-hybridized carbons (Fsp3) is 0.278. The quantitative estimate of drug-likeness (QED) is 0.719. The number of rotatable bonds is 2. The molecule has 0 spiro atoms. The Hall–Kier alpha value is -1.75. The Morgan fingerprint density at radius 3 is 2.65 bits per heavy atom. The lowest BCUT2D eigenvalue weighted by atomic mass is 10.0. The summed E-state index contributed by atoms with van der Waals surface area (Å²) in [5.74, 6) is -3.12. The average Bonchev–Trinajstić information content (AvgIpc) is 2.54. The van der Waals surface area contributed by atoms with Crippen LogP contribution in [0.25, 0.3) is 11.1 Å². The van der Waals surface area contributed by atoms with E-state index in [9.17, 15) is 13.6 Å². The standard InChI is InChI=1S/C18H16BrF2NO/c19-16-8-2-1-7-15(16)13-5-3-6-14(11-13)17(23)22-10-4-9-18(20,21)12-22/h1-3,5-8,11H,4,9-10,12H2. The highest BCUT2D eigenvalue weighted by atomic mass is 79.9. The van der Waals surface area contributed by atoms with Gasteiger partial charge in [-0.05, 0) is 35.7 Å². The van der Waals surface area contributed by atoms with Crippen molar-refractivity contribution in [2.75, 3.05) is 13.1 Å². The van der Waals surface area contributed by atoms with Crippen molar-refractivity contribution in [3.63, 3.8) is 0 Å². The third kappa shape index (κ3) is 3.61. The van der Waals surface area contributed by atoms with Crippen molar-refractivity contribution in [1.82, 2.24) is 4.90 Å². The molecular weight excluding hydrogens is 364 g/mol. The third-order valence-corrected chi connectivity index (χ3v) is 4.67. The van der Waals surface area contributed by atoms with Crippen molar-refractivity contribution in [2.45, 2.75) is 18.8 Å². The van der Waals surface area contributed by atoms with E-state index in [4.69, 9.17) is 0 Å². The van der Waals surface area contributed by atoms with Gasteiger partial charge in [0.25, 0.3) is 11.8 Å². The van der Waals surface area contributed by atoms with E-state index in [-0.39, 0.29) is 12.3 Å². The van der Waals surface area contributed by atoms with Gasteiger partial charge in [-0.3, -0.25) is 4.79 Å². The van der Waals surface area contributed by atoms with Crippen LogP contribution in [0.2, 0.25) is 0 Å². The first-order chi connectivity index (χ1) is 11.0. The summed E-state index contributed by atoms with van der Waals surface area (Å²) in [5.41, 5.74) is 2.29. The smallest absolute Gasteiger partial charge is 0.265 e. The minimum absolute atomic E-state index is 0.145. The summed E-state index contributed by atoms with van der Waals surface area (Å²) in [6.45, 7) is -0.112. The van der Waals surface area contributed by atoms with Crippen molar-refractivity contribution in [3.05, 3.63) is 58.6 Å². The molecule has 1 aliphatic heterocycles. The van der Waals surface area contributed by atoms with Gasteiger partial charge in [0.2, 0.25) is 0 Å². The summed E-state index contributed by atoms with van der Waals surface area (Å²) in [5, 5.41) is 0. The maximum Gasteiger partial charge on any atom is 0.265 e. The second-order valence-electron chi connectivity index (χ2n) is 5.75. The van der Waals surface area contributed by atoms with Gasteiger partial charge in [0.15, 0.2) is 0 Å². The zero-order valence-corrected chi connectivity index (χ0v) is 14.0. The number of halogens is 3. The van der Waals surface area contributed by atoms with Crippen molar-refractivity contribution in [3.8, 4) is 11.1 Å². The molecule has 1 saturated heterocycles. The lowest BCUT2D eigenvalue weighted by Gasteiger charge is -2.32. The number of likely N-dealkylation sites (tertiary alicyclic amines) is 1. The molecule has 5 heteroatoms. The summed E-state index contributed by atoms with van der Waals surface area (Å²) in [7, 11) is 0. The number of hydrogen-bond acceptors (Lipinski definition) is 1. The first kappa shape index (κ1) is 16.1. The molecule has 2 aromatic rings. The second-order valence-corrected chi connectivity index (χ2v) is 6.60. The molecule has 0 atom stereocenters. The summed E-state index contributed by atoms with van der Waals surface area (Å²) in [6.07, 6.45) is 0.191. The van der Waals surface area contributed by atoms with Crippen LogP contribution in [-0.2, 0) is 0 Å². The lowest BCUT2D eigenvalue weighted by molar-refractivity contribution is -0.0560. The molecule has 1 heterocycles. The van der Waals surface area contributed by atoms with E-state index in [1.54, 1.807) is 18.2 Å². The molecule has 1 fully saturated rings. The molecule has 3 rings (SSSR count). The molecule has 23 heavy (non-hydrogen) atoms. The van der Waals surface area contributed by atoms with Crippen LogP contribution in [0.5, 0.6) is 0 Å². The van der Waals surface area contributed by atoms with Crippen molar-refractivity contribution in [1.29, 1.82) is 0 Å². The highest BCUT2D eigenvalue weighted by Gasteiger charge is 2.37. The van der Waals surface area contributed by atoms with Gasteiger partial charge < -0.3 is 4.90 Å². The van der Waals surface area contributed by atoms with Crippen LogP contribution >= 0.6 is 15.9 Å². The minimum atomic E-state index is -2.78. The van der Waals surface area contributed by atoms with Crippen molar-refractivity contribution < 1.29 is 13.6 Å². The van der Waals surface area contributed by atoms with Gasteiger partial charge in [0, 0.05) is 23.0 Å². The number of benzene rings is 2. The maximum atomic E-state index is 13.5. The summed E-state index contributed by atoms with van der Waals surface area (Å²) < 4.78 is 28.0. The molecular formula is C18H16BrF2NO. The van der Waals surface area contributed by atoms with Crippen LogP contribution < -0.4 is 0 Å². The van der Waals surface area contributed by atoms with E-state index in [2.05, 4.69) is 15.9 Å². The number of nitrogens with zero attached hydrogens (tertiary/aromatic N) is 1. The van der Waals surface area contributed by atoms with Gasteiger partial charge in [-0.15, -0.1) is 0 Å². The van der Waals surface area contributed by atoms with Gasteiger partial charge >= 0.3 is 0 Å². The average molecular weight is 380 g/mol. The first-order valence-corrected chi connectivity index (χ1v) is 8.28. The Bertz CT molecular complexity index is 732. The highest BCUT2D eigenvalue weighted by molar-refractivity contribution is 9.10. The zero-order chi connectivity index (χ0) is 16.4. The zero-order valence-electron chi connectivity index (χ0n) is 12.4. The minimum Gasteiger partial charge on any atom is -0.333 e. The van der Waals surface area contributed by atoms with E-state index < -0.39 is 12.5 Å². The summed E-state index contributed by atoms with van der Waals surface area (Å²) in [6, 6.07) is 14.8. The van der Waals surface area contributed by atoms with E-state index in [1.165, 1.54) is 4.90 Å². The Morgan fingerprint density at radius 2 is 1.91 bits per heavy atom. The fourth-order valence-corrected chi connectivity index (χ4v) is 3.35. The predicted molar refractivity (Wildman–Crippen MR) is 89.7 cm³/mol. The van der Waals surface area contributed by atoms with E-state index in [0.717, 1.165) is 15.6 Å². The molecule has 2 aromatic carbocycles. The molecule has 1 amide bonds. The number of amides is 1. The molecule has 0 bridgehead atoms. The van der Waals surface area contributed by atoms with Crippen LogP contribution in [0.3, 0.4) is 0 Å². The van der Waals surface area contributed by atoms with Crippen LogP contribution in [0.4, 0.5) is 8.78 Å². The van der Waals surface area contributed by atoms with Gasteiger partial charge in [-0.25, -0.2) is 8.78 Å². The predicted octanol–water partition coefficient (Wildman–Crippen LogP) is 4.99. The number of alkyl halides is 2. The SMILES string of the molecule is O=C(c1cccc(-c2ccccc2Br)c1)N1CCCC(F)(F)C1. The monoisotopic (exact) mass is 379 g/mol. The van der Waals surface area contributed by atoms with Crippen molar-refractivity contribution in [2.24, 2.45) is 0 Å². The molecule has 0 radical (unpaired) electrons. The first-order valence-electron chi connectivity index (χ1n) is 7.48. The molecule has 2 nitrogen and oxygen atoms in total. The molecule has 120 valence electrons. The molecule has 0 aromatic heterocycles. The van der Waals surface area contributed by atoms with E-state index >= 15 is 0 Å². The maximum absolute atomic E-state index is 13.5. The Labute approximate surface area is 142 Å². The number of carbonyl (C=O) groups excluding carboxylic acids is 1. The number of carbonyl (C=O) groups is 1. The Balaban J connectivity index is 1.88. The highest BCUT2D eigenvalue weighted by Crippen LogP contribution is 2.30. The molecule has 1 aliphatic rings. The molecule has 0 aliphatic carbocycles. The Morgan fingerprint density at radius 1 is 1.13 bits per heavy atom. The topological polar surface area (TPSA) is 20.3 Å². The van der Waals surface area contributed by atoms with Gasteiger partial charge in [0.1, 0.15) is 0 Å². The third-order valence-electron chi connectivity index (χ3n) is 3.97.